The first kappa shape index (κ1) is 33.0. The highest BCUT2D eigenvalue weighted by atomic mass is 16.6. The lowest BCUT2D eigenvalue weighted by atomic mass is 10.1. The van der Waals surface area contributed by atoms with E-state index in [0.29, 0.717) is 53.1 Å². The number of rotatable bonds is 9. The standard InChI is InChI=1S/C35H41N7O5/c1-7-30(43)38-24-12-8-11-23(17-24)33(44)39-26-14-9-13-25(18-26)37-29-19-31(40-32-28(22(2)3)20-36-42(29)32)46-27-15-10-16-41(21-27)34(45)47-35(4,5)6/h7-9,11-14,17-20,22,27,37H,1,10,15-16,21H2,2-6H3,(H,38,43)(H,39,44)/t27-/m1/s1. The first-order chi connectivity index (χ1) is 22.4. The van der Waals surface area contributed by atoms with E-state index in [1.165, 1.54) is 6.08 Å². The summed E-state index contributed by atoms with van der Waals surface area (Å²) in [7, 11) is 0. The first-order valence-corrected chi connectivity index (χ1v) is 15.6. The number of hydrogen-bond donors (Lipinski definition) is 3. The molecule has 0 radical (unpaired) electrons. The number of aromatic nitrogens is 3. The monoisotopic (exact) mass is 639 g/mol. The Bertz CT molecular complexity index is 1790. The lowest BCUT2D eigenvalue weighted by molar-refractivity contribution is -0.111. The number of amides is 3. The predicted molar refractivity (Wildman–Crippen MR) is 181 cm³/mol. The molecular weight excluding hydrogens is 598 g/mol. The smallest absolute Gasteiger partial charge is 0.410 e. The molecule has 4 aromatic rings. The van der Waals surface area contributed by atoms with Gasteiger partial charge in [0.2, 0.25) is 11.8 Å². The number of piperidine rings is 1. The molecule has 5 rings (SSSR count). The van der Waals surface area contributed by atoms with Crippen LogP contribution >= 0.6 is 0 Å². The number of hydrogen-bond acceptors (Lipinski definition) is 8. The van der Waals surface area contributed by atoms with Crippen molar-refractivity contribution in [3.05, 3.63) is 84.6 Å². The van der Waals surface area contributed by atoms with Crippen molar-refractivity contribution in [2.75, 3.05) is 29.0 Å². The Morgan fingerprint density at radius 1 is 1.02 bits per heavy atom. The molecule has 0 bridgehead atoms. The summed E-state index contributed by atoms with van der Waals surface area (Å²) >= 11 is 0. The summed E-state index contributed by atoms with van der Waals surface area (Å²) in [6.45, 7) is 14.2. The number of likely N-dealkylation sites (tertiary alicyclic amines) is 1. The van der Waals surface area contributed by atoms with Crippen LogP contribution in [-0.4, -0.2) is 62.2 Å². The highest BCUT2D eigenvalue weighted by molar-refractivity contribution is 6.06. The summed E-state index contributed by atoms with van der Waals surface area (Å²) < 4.78 is 13.7. The van der Waals surface area contributed by atoms with Gasteiger partial charge in [-0.25, -0.2) is 4.79 Å². The number of carbonyl (C=O) groups excluding carboxylic acids is 3. The fraction of sp³-hybridized carbons (Fsp3) is 0.343. The normalized spacial score (nSPS) is 14.9. The van der Waals surface area contributed by atoms with Crippen molar-refractivity contribution in [3.63, 3.8) is 0 Å². The highest BCUT2D eigenvalue weighted by Gasteiger charge is 2.29. The third-order valence-electron chi connectivity index (χ3n) is 7.39. The molecule has 0 spiro atoms. The molecular formula is C35H41N7O5. The van der Waals surface area contributed by atoms with Gasteiger partial charge in [-0.05, 0) is 82.0 Å². The van der Waals surface area contributed by atoms with Crippen molar-refractivity contribution in [2.45, 2.75) is 65.1 Å². The lowest BCUT2D eigenvalue weighted by Crippen LogP contribution is -2.46. The Hall–Kier alpha value is -5.39. The van der Waals surface area contributed by atoms with Crippen molar-refractivity contribution in [1.82, 2.24) is 19.5 Å². The molecule has 3 heterocycles. The van der Waals surface area contributed by atoms with Crippen molar-refractivity contribution < 1.29 is 23.9 Å². The minimum atomic E-state index is -0.580. The molecule has 0 aliphatic carbocycles. The van der Waals surface area contributed by atoms with Gasteiger partial charge in [0.05, 0.1) is 12.7 Å². The third kappa shape index (κ3) is 8.46. The molecule has 12 nitrogen and oxygen atoms in total. The summed E-state index contributed by atoms with van der Waals surface area (Å²) in [5.41, 5.74) is 3.18. The van der Waals surface area contributed by atoms with Gasteiger partial charge in [-0.1, -0.05) is 32.6 Å². The molecule has 3 N–H and O–H groups in total. The van der Waals surface area contributed by atoms with E-state index < -0.39 is 5.60 Å². The Morgan fingerprint density at radius 3 is 2.47 bits per heavy atom. The fourth-order valence-corrected chi connectivity index (χ4v) is 5.17. The number of fused-ring (bicyclic) bond motifs is 1. The number of nitrogens with one attached hydrogen (secondary N) is 3. The molecule has 2 aromatic carbocycles. The van der Waals surface area contributed by atoms with Crippen molar-refractivity contribution in [1.29, 1.82) is 0 Å². The molecule has 2 aromatic heterocycles. The highest BCUT2D eigenvalue weighted by Crippen LogP contribution is 2.29. The van der Waals surface area contributed by atoms with Crippen molar-refractivity contribution >= 4 is 46.4 Å². The summed E-state index contributed by atoms with van der Waals surface area (Å²) in [6.07, 6.45) is 3.92. The summed E-state index contributed by atoms with van der Waals surface area (Å²) in [4.78, 5) is 44.0. The largest absolute Gasteiger partial charge is 0.472 e. The number of ether oxygens (including phenoxy) is 2. The van der Waals surface area contributed by atoms with Crippen LogP contribution in [0.25, 0.3) is 5.65 Å². The average Bonchev–Trinajstić information content (AvgIpc) is 3.45. The van der Waals surface area contributed by atoms with Crippen LogP contribution in [0.3, 0.4) is 0 Å². The van der Waals surface area contributed by atoms with Crippen LogP contribution in [0.1, 0.15) is 69.3 Å². The molecule has 0 saturated carbocycles. The van der Waals surface area contributed by atoms with Crippen molar-refractivity contribution in [2.24, 2.45) is 0 Å². The van der Waals surface area contributed by atoms with Crippen LogP contribution in [0, 0.1) is 0 Å². The SMILES string of the molecule is C=CC(=O)Nc1cccc(C(=O)Nc2cccc(Nc3cc(O[C@@H]4CCCN(C(=O)OC(C)(C)C)C4)nc4c(C(C)C)cnn34)c2)c1. The Kier molecular flexibility index (Phi) is 9.78. The maximum atomic E-state index is 13.1. The summed E-state index contributed by atoms with van der Waals surface area (Å²) in [5.74, 6) is 0.500. The first-order valence-electron chi connectivity index (χ1n) is 15.6. The average molecular weight is 640 g/mol. The molecule has 47 heavy (non-hydrogen) atoms. The van der Waals surface area contributed by atoms with Crippen LogP contribution in [0.4, 0.5) is 27.7 Å². The minimum Gasteiger partial charge on any atom is -0.472 e. The number of anilines is 4. The van der Waals surface area contributed by atoms with Crippen molar-refractivity contribution in [3.8, 4) is 5.88 Å². The van der Waals surface area contributed by atoms with Crippen LogP contribution in [0.15, 0.2) is 73.4 Å². The van der Waals surface area contributed by atoms with Gasteiger partial charge < -0.3 is 30.3 Å². The zero-order chi connectivity index (χ0) is 33.7. The van der Waals surface area contributed by atoms with Gasteiger partial charge in [0.15, 0.2) is 5.65 Å². The molecule has 0 unspecified atom stereocenters. The van der Waals surface area contributed by atoms with Gasteiger partial charge >= 0.3 is 6.09 Å². The van der Waals surface area contributed by atoms with Crippen LogP contribution < -0.4 is 20.7 Å². The third-order valence-corrected chi connectivity index (χ3v) is 7.39. The fourth-order valence-electron chi connectivity index (χ4n) is 5.17. The molecule has 246 valence electrons. The van der Waals surface area contributed by atoms with E-state index in [1.807, 2.05) is 32.9 Å². The van der Waals surface area contributed by atoms with E-state index in [1.54, 1.807) is 58.1 Å². The van der Waals surface area contributed by atoms with Gasteiger partial charge in [-0.15, -0.1) is 0 Å². The molecule has 1 aliphatic heterocycles. The Balaban J connectivity index is 1.36. The van der Waals surface area contributed by atoms with Crippen LogP contribution in [0.2, 0.25) is 0 Å². The Labute approximate surface area is 274 Å². The van der Waals surface area contributed by atoms with Gasteiger partial charge in [0.1, 0.15) is 17.5 Å². The Morgan fingerprint density at radius 2 is 1.74 bits per heavy atom. The van der Waals surface area contributed by atoms with E-state index in [2.05, 4.69) is 41.5 Å². The molecule has 1 atom stereocenters. The minimum absolute atomic E-state index is 0.169. The van der Waals surface area contributed by atoms with Gasteiger partial charge in [0.25, 0.3) is 5.91 Å². The van der Waals surface area contributed by atoms with Crippen LogP contribution in [-0.2, 0) is 9.53 Å². The second-order valence-electron chi connectivity index (χ2n) is 12.7. The van der Waals surface area contributed by atoms with E-state index in [-0.39, 0.29) is 29.9 Å². The number of benzene rings is 2. The van der Waals surface area contributed by atoms with E-state index in [0.717, 1.165) is 18.4 Å². The van der Waals surface area contributed by atoms with Crippen LogP contribution in [0.5, 0.6) is 5.88 Å². The van der Waals surface area contributed by atoms with Gasteiger partial charge in [-0.2, -0.15) is 14.6 Å². The van der Waals surface area contributed by atoms with Gasteiger partial charge in [-0.3, -0.25) is 9.59 Å². The molecule has 12 heteroatoms. The zero-order valence-electron chi connectivity index (χ0n) is 27.4. The lowest BCUT2D eigenvalue weighted by Gasteiger charge is -2.34. The molecule has 1 saturated heterocycles. The second kappa shape index (κ2) is 13.9. The van der Waals surface area contributed by atoms with E-state index in [4.69, 9.17) is 14.5 Å². The number of carbonyl (C=O) groups is 3. The molecule has 1 aliphatic rings. The predicted octanol–water partition coefficient (Wildman–Crippen LogP) is 6.75. The summed E-state index contributed by atoms with van der Waals surface area (Å²) in [5, 5.41) is 13.6. The quantitative estimate of drug-likeness (QED) is 0.171. The zero-order valence-corrected chi connectivity index (χ0v) is 27.4. The topological polar surface area (TPSA) is 139 Å². The maximum absolute atomic E-state index is 13.1. The summed E-state index contributed by atoms with van der Waals surface area (Å²) in [6, 6.07) is 15.7. The van der Waals surface area contributed by atoms with E-state index in [9.17, 15) is 14.4 Å². The molecule has 3 amide bonds. The van der Waals surface area contributed by atoms with Gasteiger partial charge in [0, 0.05) is 40.8 Å². The molecule has 1 fully saturated rings. The van der Waals surface area contributed by atoms with E-state index >= 15 is 0 Å². The number of nitrogens with zero attached hydrogens (tertiary/aromatic N) is 4. The maximum Gasteiger partial charge on any atom is 0.410 e. The second-order valence-corrected chi connectivity index (χ2v) is 12.7.